The molecular formula is C12H19N3O2. The van der Waals surface area contributed by atoms with Crippen molar-refractivity contribution in [2.24, 2.45) is 5.92 Å². The third kappa shape index (κ3) is 3.30. The number of nitrogens with one attached hydrogen (secondary N) is 1. The van der Waals surface area contributed by atoms with Crippen LogP contribution in [-0.2, 0) is 0 Å². The third-order valence-corrected chi connectivity index (χ3v) is 2.88. The summed E-state index contributed by atoms with van der Waals surface area (Å²) < 4.78 is 11.1. The maximum atomic E-state index is 5.75. The Balaban J connectivity index is 1.81. The molecule has 2 rings (SSSR count). The van der Waals surface area contributed by atoms with Crippen molar-refractivity contribution in [3.05, 3.63) is 12.4 Å². The Morgan fingerprint density at radius 3 is 2.82 bits per heavy atom. The fourth-order valence-corrected chi connectivity index (χ4v) is 2.01. The Kier molecular flexibility index (Phi) is 4.14. The van der Waals surface area contributed by atoms with Crippen LogP contribution in [0.2, 0.25) is 0 Å². The summed E-state index contributed by atoms with van der Waals surface area (Å²) in [6.45, 7) is 3.59. The van der Waals surface area contributed by atoms with Gasteiger partial charge in [0.25, 0.3) is 0 Å². The van der Waals surface area contributed by atoms with E-state index in [1.54, 1.807) is 6.07 Å². The quantitative estimate of drug-likeness (QED) is 0.807. The number of aromatic nitrogens is 2. The summed E-state index contributed by atoms with van der Waals surface area (Å²) in [6.07, 6.45) is 3.95. The van der Waals surface area contributed by atoms with Gasteiger partial charge in [-0.25, -0.2) is 9.97 Å². The second-order valence-electron chi connectivity index (χ2n) is 4.26. The molecule has 0 radical (unpaired) electrons. The van der Waals surface area contributed by atoms with Crippen LogP contribution in [0, 0.1) is 5.92 Å². The lowest BCUT2D eigenvalue weighted by Gasteiger charge is -2.34. The van der Waals surface area contributed by atoms with Gasteiger partial charge in [0.05, 0.1) is 12.7 Å². The maximum Gasteiger partial charge on any atom is 0.220 e. The van der Waals surface area contributed by atoms with Crippen LogP contribution < -0.4 is 14.8 Å². The van der Waals surface area contributed by atoms with Crippen molar-refractivity contribution in [3.8, 4) is 11.8 Å². The summed E-state index contributed by atoms with van der Waals surface area (Å²) in [5, 5.41) is 3.18. The molecule has 1 heterocycles. The van der Waals surface area contributed by atoms with Crippen LogP contribution in [0.4, 0.5) is 0 Å². The lowest BCUT2D eigenvalue weighted by atomic mass is 9.82. The van der Waals surface area contributed by atoms with Crippen LogP contribution in [-0.4, -0.2) is 36.3 Å². The van der Waals surface area contributed by atoms with Gasteiger partial charge < -0.3 is 14.8 Å². The second-order valence-corrected chi connectivity index (χ2v) is 4.26. The second kappa shape index (κ2) is 5.82. The molecule has 1 aliphatic rings. The molecule has 0 spiro atoms. The van der Waals surface area contributed by atoms with E-state index in [1.165, 1.54) is 6.33 Å². The molecule has 0 aliphatic heterocycles. The normalized spacial score (nSPS) is 22.9. The van der Waals surface area contributed by atoms with Crippen molar-refractivity contribution in [1.82, 2.24) is 15.3 Å². The number of ether oxygens (including phenoxy) is 2. The zero-order valence-corrected chi connectivity index (χ0v) is 10.3. The topological polar surface area (TPSA) is 56.3 Å². The van der Waals surface area contributed by atoms with Crippen molar-refractivity contribution in [3.63, 3.8) is 0 Å². The molecule has 5 heteroatoms. The minimum Gasteiger partial charge on any atom is -0.478 e. The smallest absolute Gasteiger partial charge is 0.220 e. The van der Waals surface area contributed by atoms with Crippen LogP contribution in [0.3, 0.4) is 0 Å². The van der Waals surface area contributed by atoms with E-state index in [4.69, 9.17) is 9.47 Å². The predicted octanol–water partition coefficient (Wildman–Crippen LogP) is 1.25. The van der Waals surface area contributed by atoms with Crippen LogP contribution in [0.25, 0.3) is 0 Å². The first-order valence-corrected chi connectivity index (χ1v) is 6.08. The molecular weight excluding hydrogens is 218 g/mol. The summed E-state index contributed by atoms with van der Waals surface area (Å²) in [4.78, 5) is 8.09. The highest BCUT2D eigenvalue weighted by Crippen LogP contribution is 2.30. The molecule has 1 aromatic heterocycles. The fraction of sp³-hybridized carbons (Fsp3) is 0.667. The fourth-order valence-electron chi connectivity index (χ4n) is 2.01. The van der Waals surface area contributed by atoms with E-state index in [0.717, 1.165) is 25.3 Å². The molecule has 1 saturated carbocycles. The largest absolute Gasteiger partial charge is 0.478 e. The van der Waals surface area contributed by atoms with Crippen LogP contribution in [0.15, 0.2) is 12.4 Å². The minimum absolute atomic E-state index is 0.290. The third-order valence-electron chi connectivity index (χ3n) is 2.88. The van der Waals surface area contributed by atoms with Crippen LogP contribution in [0.1, 0.15) is 19.8 Å². The molecule has 0 unspecified atom stereocenters. The van der Waals surface area contributed by atoms with Gasteiger partial charge in [0, 0.05) is 0 Å². The van der Waals surface area contributed by atoms with Gasteiger partial charge in [-0.2, -0.15) is 0 Å². The van der Waals surface area contributed by atoms with Gasteiger partial charge in [-0.3, -0.25) is 0 Å². The Morgan fingerprint density at radius 2 is 2.12 bits per heavy atom. The Morgan fingerprint density at radius 1 is 1.35 bits per heavy atom. The number of hydrogen-bond acceptors (Lipinski definition) is 5. The van der Waals surface area contributed by atoms with Gasteiger partial charge in [0.2, 0.25) is 11.8 Å². The van der Waals surface area contributed by atoms with E-state index in [1.807, 2.05) is 14.0 Å². The number of rotatable bonds is 6. The lowest BCUT2D eigenvalue weighted by molar-refractivity contribution is 0.0612. The summed E-state index contributed by atoms with van der Waals surface area (Å²) in [5.74, 6) is 1.91. The van der Waals surface area contributed by atoms with Gasteiger partial charge in [-0.1, -0.05) is 0 Å². The number of hydrogen-bond donors (Lipinski definition) is 1. The van der Waals surface area contributed by atoms with E-state index in [2.05, 4.69) is 15.3 Å². The Labute approximate surface area is 102 Å². The van der Waals surface area contributed by atoms with Gasteiger partial charge in [-0.05, 0) is 39.3 Å². The Hall–Kier alpha value is -1.36. The molecule has 17 heavy (non-hydrogen) atoms. The zero-order valence-electron chi connectivity index (χ0n) is 10.3. The molecule has 1 aliphatic carbocycles. The zero-order chi connectivity index (χ0) is 12.1. The molecule has 0 aromatic carbocycles. The molecule has 94 valence electrons. The Bertz CT molecular complexity index is 353. The van der Waals surface area contributed by atoms with E-state index in [-0.39, 0.29) is 6.10 Å². The summed E-state index contributed by atoms with van der Waals surface area (Å²) in [6, 6.07) is 1.74. The van der Waals surface area contributed by atoms with Crippen LogP contribution >= 0.6 is 0 Å². The van der Waals surface area contributed by atoms with Crippen molar-refractivity contribution in [1.29, 1.82) is 0 Å². The summed E-state index contributed by atoms with van der Waals surface area (Å²) in [5.41, 5.74) is 0. The summed E-state index contributed by atoms with van der Waals surface area (Å²) >= 11 is 0. The van der Waals surface area contributed by atoms with Crippen molar-refractivity contribution in [2.75, 3.05) is 20.2 Å². The standard InChI is InChI=1S/C12H19N3O2/c1-3-16-11-6-12(15-8-14-11)17-10-4-9(5-10)7-13-2/h6,8-10,13H,3-5,7H2,1-2H3. The minimum atomic E-state index is 0.290. The highest BCUT2D eigenvalue weighted by molar-refractivity contribution is 5.18. The van der Waals surface area contributed by atoms with Crippen molar-refractivity contribution < 1.29 is 9.47 Å². The first-order chi connectivity index (χ1) is 8.31. The van der Waals surface area contributed by atoms with Crippen molar-refractivity contribution >= 4 is 0 Å². The molecule has 1 fully saturated rings. The SMILES string of the molecule is CCOc1cc(OC2CC(CNC)C2)ncn1. The van der Waals surface area contributed by atoms with Crippen LogP contribution in [0.5, 0.6) is 11.8 Å². The molecule has 5 nitrogen and oxygen atoms in total. The van der Waals surface area contributed by atoms with Gasteiger partial charge >= 0.3 is 0 Å². The average Bonchev–Trinajstić information content (AvgIpc) is 2.27. The first kappa shape index (κ1) is 12.1. The highest BCUT2D eigenvalue weighted by atomic mass is 16.5. The van der Waals surface area contributed by atoms with E-state index in [9.17, 15) is 0 Å². The van der Waals surface area contributed by atoms with Gasteiger partial charge in [0.1, 0.15) is 12.4 Å². The molecule has 0 amide bonds. The van der Waals surface area contributed by atoms with Gasteiger partial charge in [0.15, 0.2) is 0 Å². The monoisotopic (exact) mass is 237 g/mol. The summed E-state index contributed by atoms with van der Waals surface area (Å²) in [7, 11) is 1.98. The van der Waals surface area contributed by atoms with E-state index < -0.39 is 0 Å². The molecule has 1 N–H and O–H groups in total. The molecule has 0 bridgehead atoms. The first-order valence-electron chi connectivity index (χ1n) is 6.08. The van der Waals surface area contributed by atoms with Crippen molar-refractivity contribution in [2.45, 2.75) is 25.9 Å². The van der Waals surface area contributed by atoms with Gasteiger partial charge in [-0.15, -0.1) is 0 Å². The molecule has 1 aromatic rings. The number of nitrogens with zero attached hydrogens (tertiary/aromatic N) is 2. The van der Waals surface area contributed by atoms with E-state index in [0.29, 0.717) is 18.4 Å². The molecule has 0 atom stereocenters. The lowest BCUT2D eigenvalue weighted by Crippen LogP contribution is -2.38. The predicted molar refractivity (Wildman–Crippen MR) is 64.3 cm³/mol. The highest BCUT2D eigenvalue weighted by Gasteiger charge is 2.30. The van der Waals surface area contributed by atoms with E-state index >= 15 is 0 Å². The average molecular weight is 237 g/mol. The maximum absolute atomic E-state index is 5.75. The molecule has 0 saturated heterocycles.